The molecule has 0 radical (unpaired) electrons. The maximum absolute atomic E-state index is 12.0. The Morgan fingerprint density at radius 3 is 2.86 bits per heavy atom. The van der Waals surface area contributed by atoms with Gasteiger partial charge in [0.05, 0.1) is 6.61 Å². The van der Waals surface area contributed by atoms with Gasteiger partial charge in [-0.05, 0) is 44.0 Å². The van der Waals surface area contributed by atoms with Crippen LogP contribution in [0.2, 0.25) is 5.02 Å². The molecule has 0 spiro atoms. The lowest BCUT2D eigenvalue weighted by Gasteiger charge is -2.12. The first-order valence-electron chi connectivity index (χ1n) is 7.08. The molecule has 0 fully saturated rings. The Labute approximate surface area is 139 Å². The Morgan fingerprint density at radius 1 is 1.45 bits per heavy atom. The number of nitrogens with one attached hydrogen (secondary N) is 1. The molecule has 0 aliphatic carbocycles. The molecule has 0 aliphatic rings. The number of amides is 1. The molecule has 0 bridgehead atoms. The van der Waals surface area contributed by atoms with Crippen LogP contribution < -0.4 is 10.1 Å². The van der Waals surface area contributed by atoms with Gasteiger partial charge in [0.1, 0.15) is 5.75 Å². The van der Waals surface area contributed by atoms with E-state index in [0.29, 0.717) is 18.2 Å². The van der Waals surface area contributed by atoms with Crippen molar-refractivity contribution in [2.24, 2.45) is 5.92 Å². The maximum Gasteiger partial charge on any atom is 0.229 e. The van der Waals surface area contributed by atoms with E-state index < -0.39 is 0 Å². The number of carbonyl (C=O) groups is 1. The molecule has 0 aliphatic heterocycles. The second-order valence-electron chi connectivity index (χ2n) is 5.21. The Hall–Kier alpha value is -1.59. The van der Waals surface area contributed by atoms with Crippen LogP contribution in [0.1, 0.15) is 23.8 Å². The molecule has 0 saturated carbocycles. The third-order valence-electron chi connectivity index (χ3n) is 3.25. The van der Waals surface area contributed by atoms with E-state index in [1.807, 2.05) is 39.0 Å². The molecule has 22 heavy (non-hydrogen) atoms. The average molecular weight is 339 g/mol. The minimum Gasteiger partial charge on any atom is -0.494 e. The number of ether oxygens (including phenoxy) is 1. The number of anilines is 1. The molecule has 1 atom stereocenters. The predicted molar refractivity (Wildman–Crippen MR) is 90.9 cm³/mol. The summed E-state index contributed by atoms with van der Waals surface area (Å²) < 4.78 is 5.67. The molecule has 1 aromatic carbocycles. The zero-order valence-electron chi connectivity index (χ0n) is 12.9. The van der Waals surface area contributed by atoms with E-state index in [9.17, 15) is 4.79 Å². The van der Waals surface area contributed by atoms with E-state index in [2.05, 4.69) is 10.3 Å². The lowest BCUT2D eigenvalue weighted by Crippen LogP contribution is -2.22. The van der Waals surface area contributed by atoms with Crippen molar-refractivity contribution < 1.29 is 9.53 Å². The lowest BCUT2D eigenvalue weighted by atomic mass is 10.1. The number of nitrogens with zero attached hydrogens (tertiary/aromatic N) is 1. The van der Waals surface area contributed by atoms with Gasteiger partial charge in [-0.15, -0.1) is 11.3 Å². The number of hydrogen-bond donors (Lipinski definition) is 1. The zero-order chi connectivity index (χ0) is 16.1. The monoisotopic (exact) mass is 338 g/mol. The van der Waals surface area contributed by atoms with Gasteiger partial charge in [0, 0.05) is 22.0 Å². The first kappa shape index (κ1) is 16.8. The number of carbonyl (C=O) groups excluding carboxylic acids is 1. The zero-order valence-corrected chi connectivity index (χ0v) is 14.4. The van der Waals surface area contributed by atoms with Gasteiger partial charge >= 0.3 is 0 Å². The summed E-state index contributed by atoms with van der Waals surface area (Å²) in [5.41, 5.74) is 0.976. The van der Waals surface area contributed by atoms with Gasteiger partial charge in [-0.3, -0.25) is 4.79 Å². The van der Waals surface area contributed by atoms with E-state index in [0.717, 1.165) is 21.2 Å². The molecule has 4 nitrogen and oxygen atoms in total. The van der Waals surface area contributed by atoms with Crippen molar-refractivity contribution in [3.63, 3.8) is 0 Å². The Balaban J connectivity index is 1.78. The van der Waals surface area contributed by atoms with E-state index in [1.165, 1.54) is 11.3 Å². The quantitative estimate of drug-likeness (QED) is 0.846. The van der Waals surface area contributed by atoms with E-state index in [-0.39, 0.29) is 11.8 Å². The van der Waals surface area contributed by atoms with Gasteiger partial charge in [-0.2, -0.15) is 0 Å². The fourth-order valence-corrected chi connectivity index (χ4v) is 2.62. The number of benzene rings is 1. The molecule has 6 heteroatoms. The van der Waals surface area contributed by atoms with Crippen LogP contribution >= 0.6 is 22.9 Å². The highest BCUT2D eigenvalue weighted by molar-refractivity contribution is 7.15. The number of aromatic nitrogens is 1. The number of halogens is 1. The van der Waals surface area contributed by atoms with Crippen LogP contribution in [0.5, 0.6) is 5.75 Å². The molecule has 1 amide bonds. The summed E-state index contributed by atoms with van der Waals surface area (Å²) in [4.78, 5) is 17.2. The van der Waals surface area contributed by atoms with Crippen LogP contribution in [-0.2, 0) is 4.79 Å². The number of thiazole rings is 1. The molecule has 1 heterocycles. The topological polar surface area (TPSA) is 51.2 Å². The smallest absolute Gasteiger partial charge is 0.229 e. The Kier molecular flexibility index (Phi) is 5.80. The maximum atomic E-state index is 12.0. The van der Waals surface area contributed by atoms with Gasteiger partial charge in [-0.1, -0.05) is 18.5 Å². The molecule has 2 aromatic rings. The number of rotatable bonds is 6. The van der Waals surface area contributed by atoms with E-state index in [4.69, 9.17) is 16.3 Å². The highest BCUT2D eigenvalue weighted by atomic mass is 35.5. The van der Waals surface area contributed by atoms with Gasteiger partial charge in [0.15, 0.2) is 5.13 Å². The second kappa shape index (κ2) is 7.61. The lowest BCUT2D eigenvalue weighted by molar-refractivity contribution is -0.119. The van der Waals surface area contributed by atoms with Crippen LogP contribution in [0.15, 0.2) is 24.4 Å². The van der Waals surface area contributed by atoms with Crippen molar-refractivity contribution in [3.05, 3.63) is 39.9 Å². The molecule has 118 valence electrons. The van der Waals surface area contributed by atoms with Gasteiger partial charge < -0.3 is 10.1 Å². The highest BCUT2D eigenvalue weighted by Gasteiger charge is 2.14. The molecular formula is C16H19ClN2O2S. The molecule has 1 aromatic heterocycles. The van der Waals surface area contributed by atoms with Crippen LogP contribution in [0.3, 0.4) is 0 Å². The molecule has 1 unspecified atom stereocenters. The van der Waals surface area contributed by atoms with Crippen molar-refractivity contribution in [2.45, 2.75) is 27.2 Å². The van der Waals surface area contributed by atoms with Crippen LogP contribution in [-0.4, -0.2) is 17.5 Å². The summed E-state index contributed by atoms with van der Waals surface area (Å²) in [5.74, 6) is 0.591. The minimum atomic E-state index is -0.141. The number of hydrogen-bond acceptors (Lipinski definition) is 4. The van der Waals surface area contributed by atoms with Crippen LogP contribution in [0.25, 0.3) is 0 Å². The van der Waals surface area contributed by atoms with Crippen molar-refractivity contribution in [1.29, 1.82) is 0 Å². The predicted octanol–water partition coefficient (Wildman–Crippen LogP) is 4.46. The standard InChI is InChI=1S/C16H19ClN2O2S/c1-10(15(20)19-16-18-9-12(3)22-16)6-7-21-13-4-5-14(17)11(2)8-13/h4-5,8-10H,6-7H2,1-3H3,(H,18,19,20). The summed E-state index contributed by atoms with van der Waals surface area (Å²) >= 11 is 7.44. The Morgan fingerprint density at radius 2 is 2.23 bits per heavy atom. The summed E-state index contributed by atoms with van der Waals surface area (Å²) in [7, 11) is 0. The van der Waals surface area contributed by atoms with Crippen LogP contribution in [0.4, 0.5) is 5.13 Å². The fraction of sp³-hybridized carbons (Fsp3) is 0.375. The first-order chi connectivity index (χ1) is 10.5. The van der Waals surface area contributed by atoms with Crippen molar-refractivity contribution in [2.75, 3.05) is 11.9 Å². The fourth-order valence-electron chi connectivity index (χ4n) is 1.83. The SMILES string of the molecule is Cc1cnc(NC(=O)C(C)CCOc2ccc(Cl)c(C)c2)s1. The molecule has 1 N–H and O–H groups in total. The Bertz CT molecular complexity index is 657. The van der Waals surface area contributed by atoms with Crippen molar-refractivity contribution in [3.8, 4) is 5.75 Å². The normalized spacial score (nSPS) is 12.0. The number of aryl methyl sites for hydroxylation is 2. The van der Waals surface area contributed by atoms with Crippen molar-refractivity contribution in [1.82, 2.24) is 4.98 Å². The van der Waals surface area contributed by atoms with E-state index in [1.54, 1.807) is 6.20 Å². The first-order valence-corrected chi connectivity index (χ1v) is 8.27. The largest absolute Gasteiger partial charge is 0.494 e. The van der Waals surface area contributed by atoms with Gasteiger partial charge in [0.25, 0.3) is 0 Å². The average Bonchev–Trinajstić information content (AvgIpc) is 2.87. The minimum absolute atomic E-state index is 0.0368. The summed E-state index contributed by atoms with van der Waals surface area (Å²) in [5, 5.41) is 4.19. The highest BCUT2D eigenvalue weighted by Crippen LogP contribution is 2.22. The molecule has 2 rings (SSSR count). The summed E-state index contributed by atoms with van der Waals surface area (Å²) in [6.45, 7) is 6.25. The van der Waals surface area contributed by atoms with Crippen molar-refractivity contribution >= 4 is 34.0 Å². The molecule has 0 saturated heterocycles. The summed E-state index contributed by atoms with van der Waals surface area (Å²) in [6.07, 6.45) is 2.38. The molecular weight excluding hydrogens is 320 g/mol. The summed E-state index contributed by atoms with van der Waals surface area (Å²) in [6, 6.07) is 5.54. The van der Waals surface area contributed by atoms with Crippen LogP contribution in [0, 0.1) is 19.8 Å². The van der Waals surface area contributed by atoms with E-state index >= 15 is 0 Å². The third kappa shape index (κ3) is 4.71. The van der Waals surface area contributed by atoms with Gasteiger partial charge in [0.2, 0.25) is 5.91 Å². The second-order valence-corrected chi connectivity index (χ2v) is 6.86. The van der Waals surface area contributed by atoms with Gasteiger partial charge in [-0.25, -0.2) is 4.98 Å². The third-order valence-corrected chi connectivity index (χ3v) is 4.50.